The summed E-state index contributed by atoms with van der Waals surface area (Å²) in [6.45, 7) is 7.78. The molecule has 0 saturated heterocycles. The highest BCUT2D eigenvalue weighted by Crippen LogP contribution is 2.26. The summed E-state index contributed by atoms with van der Waals surface area (Å²) in [5.74, 6) is -0.701. The van der Waals surface area contributed by atoms with Gasteiger partial charge in [-0.25, -0.2) is 0 Å². The van der Waals surface area contributed by atoms with E-state index in [9.17, 15) is 9.59 Å². The van der Waals surface area contributed by atoms with Crippen LogP contribution >= 0.6 is 23.2 Å². The number of carboxylic acids is 2. The first-order valence-corrected chi connectivity index (χ1v) is 9.50. The Morgan fingerprint density at radius 1 is 0.800 bits per heavy atom. The van der Waals surface area contributed by atoms with Crippen LogP contribution in [0.4, 0.5) is 0 Å². The monoisotopic (exact) mass is 452 g/mol. The maximum Gasteiger partial charge on any atom is 0.307 e. The molecule has 0 bridgehead atoms. The number of aliphatic carboxylic acids is 2. The predicted molar refractivity (Wildman–Crippen MR) is 117 cm³/mol. The Balaban J connectivity index is 0.000000300. The Morgan fingerprint density at radius 2 is 1.17 bits per heavy atom. The maximum atomic E-state index is 10.4. The number of hydrogen-bond acceptors (Lipinski definition) is 4. The van der Waals surface area contributed by atoms with Crippen LogP contribution in [-0.2, 0) is 22.4 Å². The average Bonchev–Trinajstić information content (AvgIpc) is 2.66. The van der Waals surface area contributed by atoms with Crippen LogP contribution in [0.3, 0.4) is 0 Å². The summed E-state index contributed by atoms with van der Waals surface area (Å²) in [7, 11) is 0. The molecule has 0 aliphatic rings. The molecule has 2 rings (SSSR count). The van der Waals surface area contributed by atoms with Gasteiger partial charge in [0, 0.05) is 0 Å². The van der Waals surface area contributed by atoms with Crippen molar-refractivity contribution in [2.24, 2.45) is 0 Å². The van der Waals surface area contributed by atoms with Crippen molar-refractivity contribution in [1.29, 1.82) is 0 Å². The molecular formula is C22H22Cl2O6. The zero-order valence-corrected chi connectivity index (χ0v) is 17.7. The van der Waals surface area contributed by atoms with Gasteiger partial charge < -0.3 is 19.7 Å². The molecular weight excluding hydrogens is 431 g/mol. The van der Waals surface area contributed by atoms with Crippen molar-refractivity contribution >= 4 is 35.1 Å². The highest BCUT2D eigenvalue weighted by atomic mass is 35.5. The van der Waals surface area contributed by atoms with E-state index in [4.69, 9.17) is 42.9 Å². The van der Waals surface area contributed by atoms with E-state index >= 15 is 0 Å². The van der Waals surface area contributed by atoms with Gasteiger partial charge in [-0.05, 0) is 35.4 Å². The van der Waals surface area contributed by atoms with Crippen LogP contribution in [0.5, 0.6) is 11.5 Å². The number of carbonyl (C=O) groups is 2. The van der Waals surface area contributed by atoms with Crippen LogP contribution < -0.4 is 9.47 Å². The van der Waals surface area contributed by atoms with Gasteiger partial charge in [-0.1, -0.05) is 60.6 Å². The van der Waals surface area contributed by atoms with Gasteiger partial charge in [0.05, 0.1) is 22.9 Å². The number of carboxylic acid groups (broad SMARTS) is 2. The average molecular weight is 453 g/mol. The van der Waals surface area contributed by atoms with Gasteiger partial charge in [0.15, 0.2) is 0 Å². The fourth-order valence-electron chi connectivity index (χ4n) is 2.19. The highest BCUT2D eigenvalue weighted by molar-refractivity contribution is 6.32. The topological polar surface area (TPSA) is 93.1 Å². The van der Waals surface area contributed by atoms with Gasteiger partial charge in [-0.3, -0.25) is 9.59 Å². The van der Waals surface area contributed by atoms with Gasteiger partial charge in [-0.2, -0.15) is 0 Å². The van der Waals surface area contributed by atoms with Crippen molar-refractivity contribution in [2.75, 3.05) is 13.2 Å². The van der Waals surface area contributed by atoms with Crippen LogP contribution in [0.2, 0.25) is 10.0 Å². The Morgan fingerprint density at radius 3 is 1.43 bits per heavy atom. The van der Waals surface area contributed by atoms with Crippen molar-refractivity contribution in [3.8, 4) is 11.5 Å². The SMILES string of the molecule is C=CCOc1ccc(CC(=O)O)cc1Cl.C=CCOc1ccc(CC(=O)O)cc1Cl. The zero-order valence-electron chi connectivity index (χ0n) is 16.1. The van der Waals surface area contributed by atoms with Crippen LogP contribution in [0, 0.1) is 0 Å². The largest absolute Gasteiger partial charge is 0.488 e. The fourth-order valence-corrected chi connectivity index (χ4v) is 2.70. The van der Waals surface area contributed by atoms with Crippen LogP contribution in [0.1, 0.15) is 11.1 Å². The lowest BCUT2D eigenvalue weighted by Crippen LogP contribution is -2.00. The lowest BCUT2D eigenvalue weighted by molar-refractivity contribution is -0.137. The molecule has 160 valence electrons. The van der Waals surface area contributed by atoms with Gasteiger partial charge in [0.2, 0.25) is 0 Å². The molecule has 6 nitrogen and oxygen atoms in total. The second-order valence-electron chi connectivity index (χ2n) is 5.87. The van der Waals surface area contributed by atoms with E-state index in [1.165, 1.54) is 0 Å². The number of benzene rings is 2. The molecule has 0 atom stereocenters. The van der Waals surface area contributed by atoms with Gasteiger partial charge in [0.25, 0.3) is 0 Å². The Kier molecular flexibility index (Phi) is 11.1. The Hall–Kier alpha value is -2.96. The molecule has 0 spiro atoms. The van der Waals surface area contributed by atoms with E-state index in [2.05, 4.69) is 13.2 Å². The number of ether oxygens (including phenoxy) is 2. The van der Waals surface area contributed by atoms with Crippen molar-refractivity contribution in [1.82, 2.24) is 0 Å². The fraction of sp³-hybridized carbons (Fsp3) is 0.182. The first-order valence-electron chi connectivity index (χ1n) is 8.74. The second kappa shape index (κ2) is 13.3. The summed E-state index contributed by atoms with van der Waals surface area (Å²) in [5, 5.41) is 18.0. The molecule has 2 N–H and O–H groups in total. The minimum Gasteiger partial charge on any atom is -0.488 e. The third-order valence-corrected chi connectivity index (χ3v) is 4.01. The minimum absolute atomic E-state index is 0.0402. The quantitative estimate of drug-likeness (QED) is 0.489. The van der Waals surface area contributed by atoms with Gasteiger partial charge in [-0.15, -0.1) is 0 Å². The third kappa shape index (κ3) is 9.49. The van der Waals surface area contributed by atoms with E-state index in [1.807, 2.05) is 0 Å². The van der Waals surface area contributed by atoms with Gasteiger partial charge >= 0.3 is 11.9 Å². The number of rotatable bonds is 10. The number of hydrogen-bond donors (Lipinski definition) is 2. The Labute approximate surface area is 185 Å². The maximum absolute atomic E-state index is 10.4. The molecule has 0 aromatic heterocycles. The van der Waals surface area contributed by atoms with Crippen molar-refractivity contribution in [3.05, 3.63) is 82.9 Å². The van der Waals surface area contributed by atoms with Crippen LogP contribution in [0.15, 0.2) is 61.7 Å². The Bertz CT molecular complexity index is 822. The summed E-state index contributed by atoms with van der Waals surface area (Å²) in [6.07, 6.45) is 3.14. The van der Waals surface area contributed by atoms with Crippen molar-refractivity contribution in [2.45, 2.75) is 12.8 Å². The summed E-state index contributed by atoms with van der Waals surface area (Å²) in [4.78, 5) is 20.9. The molecule has 0 saturated carbocycles. The first kappa shape index (κ1) is 25.1. The van der Waals surface area contributed by atoms with E-state index in [0.717, 1.165) is 0 Å². The van der Waals surface area contributed by atoms with E-state index in [1.54, 1.807) is 48.6 Å². The third-order valence-electron chi connectivity index (χ3n) is 3.42. The molecule has 2 aromatic rings. The van der Waals surface area contributed by atoms with Gasteiger partial charge in [0.1, 0.15) is 24.7 Å². The molecule has 0 amide bonds. The summed E-state index contributed by atoms with van der Waals surface area (Å²) < 4.78 is 10.5. The van der Waals surface area contributed by atoms with E-state index < -0.39 is 11.9 Å². The summed E-state index contributed by atoms with van der Waals surface area (Å²) >= 11 is 11.8. The summed E-state index contributed by atoms with van der Waals surface area (Å²) in [6, 6.07) is 9.85. The predicted octanol–water partition coefficient (Wildman–Crippen LogP) is 5.06. The minimum atomic E-state index is -0.883. The molecule has 0 fully saturated rings. The molecule has 0 aliphatic carbocycles. The zero-order chi connectivity index (χ0) is 22.5. The molecule has 0 radical (unpaired) electrons. The molecule has 8 heteroatoms. The lowest BCUT2D eigenvalue weighted by atomic mass is 10.1. The lowest BCUT2D eigenvalue weighted by Gasteiger charge is -2.06. The smallest absolute Gasteiger partial charge is 0.307 e. The van der Waals surface area contributed by atoms with E-state index in [0.29, 0.717) is 45.9 Å². The summed E-state index contributed by atoms with van der Waals surface area (Å²) in [5.41, 5.74) is 1.30. The second-order valence-corrected chi connectivity index (χ2v) is 6.68. The van der Waals surface area contributed by atoms with Crippen LogP contribution in [-0.4, -0.2) is 35.4 Å². The molecule has 0 aliphatic heterocycles. The normalized spacial score (nSPS) is 9.67. The number of halogens is 2. The van der Waals surface area contributed by atoms with Crippen molar-refractivity contribution in [3.63, 3.8) is 0 Å². The standard InChI is InChI=1S/2C11H11ClO3/c2*1-2-5-15-10-4-3-8(6-9(10)12)7-11(13)14/h2*2-4,6H,1,5,7H2,(H,13,14). The van der Waals surface area contributed by atoms with Crippen LogP contribution in [0.25, 0.3) is 0 Å². The highest BCUT2D eigenvalue weighted by Gasteiger charge is 2.06. The first-order chi connectivity index (χ1) is 14.3. The molecule has 0 heterocycles. The van der Waals surface area contributed by atoms with Crippen molar-refractivity contribution < 1.29 is 29.3 Å². The molecule has 30 heavy (non-hydrogen) atoms. The molecule has 2 aromatic carbocycles. The van der Waals surface area contributed by atoms with E-state index in [-0.39, 0.29) is 12.8 Å². The molecule has 0 unspecified atom stereocenters.